The summed E-state index contributed by atoms with van der Waals surface area (Å²) in [6.45, 7) is 3.13. The van der Waals surface area contributed by atoms with Gasteiger partial charge in [0.15, 0.2) is 0 Å². The molecule has 0 aliphatic carbocycles. The molecule has 126 valence electrons. The number of nitrogens with one attached hydrogen (secondary N) is 2. The Kier molecular flexibility index (Phi) is 5.17. The SMILES string of the molecule is O=C(NCc1ccc(F)cc1)Nc1cc(N2CCOCC2)ncn1. The van der Waals surface area contributed by atoms with E-state index in [1.54, 1.807) is 18.2 Å². The summed E-state index contributed by atoms with van der Waals surface area (Å²) in [5, 5.41) is 5.37. The molecule has 3 rings (SSSR count). The number of nitrogens with zero attached hydrogens (tertiary/aromatic N) is 3. The molecule has 2 aromatic rings. The van der Waals surface area contributed by atoms with Gasteiger partial charge >= 0.3 is 6.03 Å². The number of anilines is 2. The van der Waals surface area contributed by atoms with Gasteiger partial charge in [-0.15, -0.1) is 0 Å². The number of carbonyl (C=O) groups excluding carboxylic acids is 1. The second-order valence-corrected chi connectivity index (χ2v) is 5.30. The number of benzene rings is 1. The summed E-state index contributed by atoms with van der Waals surface area (Å²) in [6, 6.07) is 7.30. The Morgan fingerprint density at radius 3 is 2.71 bits per heavy atom. The van der Waals surface area contributed by atoms with E-state index < -0.39 is 0 Å². The van der Waals surface area contributed by atoms with Crippen molar-refractivity contribution in [3.8, 4) is 0 Å². The van der Waals surface area contributed by atoms with Gasteiger partial charge in [0, 0.05) is 25.7 Å². The molecule has 0 radical (unpaired) electrons. The van der Waals surface area contributed by atoms with Crippen molar-refractivity contribution in [3.63, 3.8) is 0 Å². The first-order valence-electron chi connectivity index (χ1n) is 7.65. The molecule has 0 saturated carbocycles. The summed E-state index contributed by atoms with van der Waals surface area (Å²) in [7, 11) is 0. The molecular weight excluding hydrogens is 313 g/mol. The molecule has 0 spiro atoms. The average molecular weight is 331 g/mol. The molecule has 7 nitrogen and oxygen atoms in total. The fourth-order valence-electron chi connectivity index (χ4n) is 2.33. The highest BCUT2D eigenvalue weighted by Crippen LogP contribution is 2.15. The van der Waals surface area contributed by atoms with Crippen LogP contribution in [-0.4, -0.2) is 42.3 Å². The number of hydrogen-bond donors (Lipinski definition) is 2. The molecule has 8 heteroatoms. The summed E-state index contributed by atoms with van der Waals surface area (Å²) < 4.78 is 18.1. The van der Waals surface area contributed by atoms with Crippen LogP contribution in [0.15, 0.2) is 36.7 Å². The van der Waals surface area contributed by atoms with Gasteiger partial charge < -0.3 is 15.0 Å². The Balaban J connectivity index is 1.55. The third-order valence-electron chi connectivity index (χ3n) is 3.60. The normalized spacial score (nSPS) is 14.3. The number of rotatable bonds is 4. The van der Waals surface area contributed by atoms with E-state index in [9.17, 15) is 9.18 Å². The fraction of sp³-hybridized carbons (Fsp3) is 0.312. The van der Waals surface area contributed by atoms with Crippen LogP contribution >= 0.6 is 0 Å². The maximum atomic E-state index is 12.8. The summed E-state index contributed by atoms with van der Waals surface area (Å²) in [5.41, 5.74) is 0.809. The summed E-state index contributed by atoms with van der Waals surface area (Å²) in [4.78, 5) is 22.3. The maximum Gasteiger partial charge on any atom is 0.320 e. The topological polar surface area (TPSA) is 79.4 Å². The molecule has 1 aliphatic rings. The van der Waals surface area contributed by atoms with Crippen LogP contribution in [0, 0.1) is 5.82 Å². The zero-order valence-corrected chi connectivity index (χ0v) is 13.0. The van der Waals surface area contributed by atoms with Gasteiger partial charge in [-0.25, -0.2) is 19.2 Å². The van der Waals surface area contributed by atoms with Crippen LogP contribution in [0.3, 0.4) is 0 Å². The summed E-state index contributed by atoms with van der Waals surface area (Å²) in [5.74, 6) is 0.866. The van der Waals surface area contributed by atoms with E-state index in [1.807, 2.05) is 0 Å². The van der Waals surface area contributed by atoms with Crippen molar-refractivity contribution in [2.24, 2.45) is 0 Å². The molecule has 2 heterocycles. The number of morpholine rings is 1. The largest absolute Gasteiger partial charge is 0.378 e. The highest BCUT2D eigenvalue weighted by molar-refractivity contribution is 5.88. The highest BCUT2D eigenvalue weighted by Gasteiger charge is 2.13. The molecule has 1 fully saturated rings. The number of carbonyl (C=O) groups is 1. The van der Waals surface area contributed by atoms with E-state index in [0.717, 1.165) is 24.5 Å². The van der Waals surface area contributed by atoms with E-state index in [4.69, 9.17) is 4.74 Å². The minimum Gasteiger partial charge on any atom is -0.378 e. The van der Waals surface area contributed by atoms with Crippen molar-refractivity contribution in [2.45, 2.75) is 6.54 Å². The number of urea groups is 1. The molecule has 1 saturated heterocycles. The van der Waals surface area contributed by atoms with Crippen LogP contribution < -0.4 is 15.5 Å². The second kappa shape index (κ2) is 7.69. The zero-order valence-electron chi connectivity index (χ0n) is 13.0. The quantitative estimate of drug-likeness (QED) is 0.893. The molecule has 0 bridgehead atoms. The van der Waals surface area contributed by atoms with Crippen LogP contribution in [0.5, 0.6) is 0 Å². The van der Waals surface area contributed by atoms with Crippen molar-refractivity contribution in [1.82, 2.24) is 15.3 Å². The molecule has 0 atom stereocenters. The Hall–Kier alpha value is -2.74. The van der Waals surface area contributed by atoms with Gasteiger partial charge in [-0.1, -0.05) is 12.1 Å². The Morgan fingerprint density at radius 1 is 1.21 bits per heavy atom. The lowest BCUT2D eigenvalue weighted by molar-refractivity contribution is 0.122. The van der Waals surface area contributed by atoms with Crippen LogP contribution in [0.1, 0.15) is 5.56 Å². The molecule has 24 heavy (non-hydrogen) atoms. The van der Waals surface area contributed by atoms with Crippen molar-refractivity contribution >= 4 is 17.7 Å². The predicted molar refractivity (Wildman–Crippen MR) is 87.3 cm³/mol. The van der Waals surface area contributed by atoms with Crippen LogP contribution in [0.4, 0.5) is 20.8 Å². The lowest BCUT2D eigenvalue weighted by Crippen LogP contribution is -2.37. The van der Waals surface area contributed by atoms with E-state index in [1.165, 1.54) is 18.5 Å². The first-order chi connectivity index (χ1) is 11.7. The van der Waals surface area contributed by atoms with Gasteiger partial charge in [-0.3, -0.25) is 5.32 Å². The van der Waals surface area contributed by atoms with Crippen LogP contribution in [0.25, 0.3) is 0 Å². The smallest absolute Gasteiger partial charge is 0.320 e. The third kappa shape index (κ3) is 4.39. The number of hydrogen-bond acceptors (Lipinski definition) is 5. The van der Waals surface area contributed by atoms with Gasteiger partial charge in [-0.05, 0) is 17.7 Å². The van der Waals surface area contributed by atoms with Gasteiger partial charge in [0.2, 0.25) is 0 Å². The minimum atomic E-state index is -0.383. The Morgan fingerprint density at radius 2 is 1.96 bits per heavy atom. The van der Waals surface area contributed by atoms with Gasteiger partial charge in [0.1, 0.15) is 23.8 Å². The van der Waals surface area contributed by atoms with E-state index in [-0.39, 0.29) is 11.8 Å². The van der Waals surface area contributed by atoms with Crippen molar-refractivity contribution in [3.05, 3.63) is 48.0 Å². The standard InChI is InChI=1S/C16H18FN5O2/c17-13-3-1-12(2-4-13)10-18-16(23)21-14-9-15(20-11-19-14)22-5-7-24-8-6-22/h1-4,9,11H,5-8,10H2,(H2,18,19,20,21,23). The molecule has 0 unspecified atom stereocenters. The number of amides is 2. The molecule has 2 amide bonds. The summed E-state index contributed by atoms with van der Waals surface area (Å²) >= 11 is 0. The van der Waals surface area contributed by atoms with Crippen molar-refractivity contribution in [1.29, 1.82) is 0 Å². The molecule has 2 N–H and O–H groups in total. The third-order valence-corrected chi connectivity index (χ3v) is 3.60. The molecule has 1 aliphatic heterocycles. The fourth-order valence-corrected chi connectivity index (χ4v) is 2.33. The average Bonchev–Trinajstić information content (AvgIpc) is 2.62. The number of halogens is 1. The van der Waals surface area contributed by atoms with E-state index >= 15 is 0 Å². The van der Waals surface area contributed by atoms with Gasteiger partial charge in [0.05, 0.1) is 13.2 Å². The second-order valence-electron chi connectivity index (χ2n) is 5.30. The van der Waals surface area contributed by atoms with E-state index in [0.29, 0.717) is 25.6 Å². The van der Waals surface area contributed by atoms with Crippen molar-refractivity contribution < 1.29 is 13.9 Å². The summed E-state index contributed by atoms with van der Waals surface area (Å²) in [6.07, 6.45) is 1.42. The zero-order chi connectivity index (χ0) is 16.8. The Bertz CT molecular complexity index is 689. The van der Waals surface area contributed by atoms with E-state index in [2.05, 4.69) is 25.5 Å². The van der Waals surface area contributed by atoms with Gasteiger partial charge in [-0.2, -0.15) is 0 Å². The molecular formula is C16H18FN5O2. The van der Waals surface area contributed by atoms with Crippen LogP contribution in [0.2, 0.25) is 0 Å². The first kappa shape index (κ1) is 16.1. The maximum absolute atomic E-state index is 12.8. The minimum absolute atomic E-state index is 0.299. The lowest BCUT2D eigenvalue weighted by Gasteiger charge is -2.27. The Labute approximate surface area is 138 Å². The number of aromatic nitrogens is 2. The monoisotopic (exact) mass is 331 g/mol. The van der Waals surface area contributed by atoms with Crippen molar-refractivity contribution in [2.75, 3.05) is 36.5 Å². The van der Waals surface area contributed by atoms with Gasteiger partial charge in [0.25, 0.3) is 0 Å². The number of ether oxygens (including phenoxy) is 1. The predicted octanol–water partition coefficient (Wildman–Crippen LogP) is 1.77. The lowest BCUT2D eigenvalue weighted by atomic mass is 10.2. The highest BCUT2D eigenvalue weighted by atomic mass is 19.1. The van der Waals surface area contributed by atoms with Crippen LogP contribution in [-0.2, 0) is 11.3 Å². The molecule has 1 aromatic carbocycles. The first-order valence-corrected chi connectivity index (χ1v) is 7.65. The molecule has 1 aromatic heterocycles.